The molecule has 0 aromatic carbocycles. The maximum absolute atomic E-state index is 11.1. The molecule has 19 heavy (non-hydrogen) atoms. The van der Waals surface area contributed by atoms with E-state index >= 15 is 0 Å². The Morgan fingerprint density at radius 2 is 2.26 bits per heavy atom. The summed E-state index contributed by atoms with van der Waals surface area (Å²) >= 11 is 3.21. The van der Waals surface area contributed by atoms with Crippen molar-refractivity contribution in [1.82, 2.24) is 10.3 Å². The Kier molecular flexibility index (Phi) is 5.81. The third-order valence-electron chi connectivity index (χ3n) is 2.24. The second-order valence-corrected chi connectivity index (χ2v) is 7.04. The number of thiazole rings is 1. The SMILES string of the molecule is CNC(=O)ON=C(CSc1nc(C)cs1)C(C)(C)C. The second-order valence-electron chi connectivity index (χ2n) is 4.96. The van der Waals surface area contributed by atoms with Gasteiger partial charge in [0.25, 0.3) is 0 Å². The van der Waals surface area contributed by atoms with Gasteiger partial charge in [-0.15, -0.1) is 11.3 Å². The van der Waals surface area contributed by atoms with E-state index < -0.39 is 6.09 Å². The van der Waals surface area contributed by atoms with Gasteiger partial charge in [-0.05, 0) is 6.92 Å². The molecule has 0 bridgehead atoms. The molecular formula is C12H19N3O2S2. The molecule has 0 aliphatic rings. The first-order valence-corrected chi connectivity index (χ1v) is 7.70. The molecule has 1 aromatic heterocycles. The predicted octanol–water partition coefficient (Wildman–Crippen LogP) is 3.30. The molecule has 1 rings (SSSR count). The van der Waals surface area contributed by atoms with Crippen LogP contribution in [0.1, 0.15) is 26.5 Å². The normalized spacial score (nSPS) is 12.4. The number of nitrogens with one attached hydrogen (secondary N) is 1. The molecule has 0 saturated heterocycles. The van der Waals surface area contributed by atoms with Crippen LogP contribution in [0.3, 0.4) is 0 Å². The molecule has 7 heteroatoms. The largest absolute Gasteiger partial charge is 0.433 e. The maximum Gasteiger partial charge on any atom is 0.433 e. The summed E-state index contributed by atoms with van der Waals surface area (Å²) in [5.41, 5.74) is 1.67. The van der Waals surface area contributed by atoms with Crippen LogP contribution >= 0.6 is 23.1 Å². The van der Waals surface area contributed by atoms with Crippen molar-refractivity contribution in [3.05, 3.63) is 11.1 Å². The summed E-state index contributed by atoms with van der Waals surface area (Å²) in [5.74, 6) is 0.646. The van der Waals surface area contributed by atoms with Crippen molar-refractivity contribution in [2.75, 3.05) is 12.8 Å². The molecule has 0 spiro atoms. The average Bonchev–Trinajstić information content (AvgIpc) is 2.72. The number of hydrogen-bond donors (Lipinski definition) is 1. The number of thioether (sulfide) groups is 1. The van der Waals surface area contributed by atoms with E-state index in [1.807, 2.05) is 33.1 Å². The van der Waals surface area contributed by atoms with Crippen molar-refractivity contribution < 1.29 is 9.63 Å². The first kappa shape index (κ1) is 16.0. The zero-order chi connectivity index (χ0) is 14.5. The van der Waals surface area contributed by atoms with Crippen LogP contribution < -0.4 is 5.32 Å². The predicted molar refractivity (Wildman–Crippen MR) is 80.0 cm³/mol. The molecule has 0 radical (unpaired) electrons. The lowest BCUT2D eigenvalue weighted by molar-refractivity contribution is 0.152. The molecule has 1 amide bonds. The van der Waals surface area contributed by atoms with Gasteiger partial charge in [-0.25, -0.2) is 9.78 Å². The van der Waals surface area contributed by atoms with Gasteiger partial charge in [-0.3, -0.25) is 4.84 Å². The van der Waals surface area contributed by atoms with Gasteiger partial charge < -0.3 is 5.32 Å². The number of aryl methyl sites for hydroxylation is 1. The van der Waals surface area contributed by atoms with Crippen molar-refractivity contribution in [2.24, 2.45) is 10.6 Å². The molecule has 106 valence electrons. The van der Waals surface area contributed by atoms with Gasteiger partial charge in [0.15, 0.2) is 0 Å². The molecule has 0 fully saturated rings. The van der Waals surface area contributed by atoms with E-state index in [-0.39, 0.29) is 5.41 Å². The van der Waals surface area contributed by atoms with E-state index in [0.29, 0.717) is 5.75 Å². The van der Waals surface area contributed by atoms with Crippen molar-refractivity contribution in [3.63, 3.8) is 0 Å². The van der Waals surface area contributed by atoms with Crippen LogP contribution in [-0.4, -0.2) is 29.6 Å². The van der Waals surface area contributed by atoms with Gasteiger partial charge in [0.2, 0.25) is 0 Å². The van der Waals surface area contributed by atoms with Crippen LogP contribution in [0.5, 0.6) is 0 Å². The molecular weight excluding hydrogens is 282 g/mol. The van der Waals surface area contributed by atoms with E-state index in [0.717, 1.165) is 15.7 Å². The maximum atomic E-state index is 11.1. The summed E-state index contributed by atoms with van der Waals surface area (Å²) in [7, 11) is 1.50. The quantitative estimate of drug-likeness (QED) is 0.401. The van der Waals surface area contributed by atoms with Crippen molar-refractivity contribution in [1.29, 1.82) is 0 Å². The Morgan fingerprint density at radius 3 is 2.74 bits per heavy atom. The van der Waals surface area contributed by atoms with Crippen LogP contribution in [0.2, 0.25) is 0 Å². The molecule has 5 nitrogen and oxygen atoms in total. The number of rotatable bonds is 4. The van der Waals surface area contributed by atoms with Crippen LogP contribution in [-0.2, 0) is 4.84 Å². The Balaban J connectivity index is 2.67. The fourth-order valence-corrected chi connectivity index (χ4v) is 3.12. The first-order chi connectivity index (χ1) is 8.82. The average molecular weight is 301 g/mol. The highest BCUT2D eigenvalue weighted by atomic mass is 32.2. The van der Waals surface area contributed by atoms with Crippen molar-refractivity contribution in [2.45, 2.75) is 32.0 Å². The highest BCUT2D eigenvalue weighted by Gasteiger charge is 2.21. The highest BCUT2D eigenvalue weighted by molar-refractivity contribution is 8.01. The monoisotopic (exact) mass is 301 g/mol. The number of hydrogen-bond acceptors (Lipinski definition) is 6. The first-order valence-electron chi connectivity index (χ1n) is 5.84. The molecule has 0 aliphatic carbocycles. The fraction of sp³-hybridized carbons (Fsp3) is 0.583. The summed E-state index contributed by atoms with van der Waals surface area (Å²) in [5, 5.41) is 8.32. The number of amides is 1. The second kappa shape index (κ2) is 6.91. The Labute approximate surface area is 121 Å². The summed E-state index contributed by atoms with van der Waals surface area (Å²) < 4.78 is 0.995. The van der Waals surface area contributed by atoms with E-state index in [2.05, 4.69) is 15.5 Å². The smallest absolute Gasteiger partial charge is 0.323 e. The number of carbonyl (C=O) groups is 1. The molecule has 0 saturated carbocycles. The highest BCUT2D eigenvalue weighted by Crippen LogP contribution is 2.26. The minimum Gasteiger partial charge on any atom is -0.323 e. The zero-order valence-electron chi connectivity index (χ0n) is 11.8. The lowest BCUT2D eigenvalue weighted by Crippen LogP contribution is -2.25. The minimum absolute atomic E-state index is 0.159. The molecule has 0 atom stereocenters. The molecule has 0 unspecified atom stereocenters. The van der Waals surface area contributed by atoms with Crippen molar-refractivity contribution >= 4 is 34.9 Å². The van der Waals surface area contributed by atoms with Gasteiger partial charge in [0.05, 0.1) is 5.71 Å². The van der Waals surface area contributed by atoms with E-state index in [1.54, 1.807) is 23.1 Å². The number of oxime groups is 1. The van der Waals surface area contributed by atoms with E-state index in [1.165, 1.54) is 7.05 Å². The third-order valence-corrected chi connectivity index (χ3v) is 4.39. The summed E-state index contributed by atoms with van der Waals surface area (Å²) in [4.78, 5) is 20.2. The molecule has 0 aliphatic heterocycles. The lowest BCUT2D eigenvalue weighted by Gasteiger charge is -2.19. The van der Waals surface area contributed by atoms with E-state index in [4.69, 9.17) is 4.84 Å². The van der Waals surface area contributed by atoms with Gasteiger partial charge >= 0.3 is 6.09 Å². The zero-order valence-corrected chi connectivity index (χ0v) is 13.4. The van der Waals surface area contributed by atoms with Gasteiger partial charge in [0, 0.05) is 29.3 Å². The van der Waals surface area contributed by atoms with E-state index in [9.17, 15) is 4.79 Å². The van der Waals surface area contributed by atoms with Crippen LogP contribution in [0.15, 0.2) is 14.9 Å². The Hall–Kier alpha value is -1.08. The summed E-state index contributed by atoms with van der Waals surface area (Å²) in [6, 6.07) is 0. The standard InChI is InChI=1S/C12H19N3O2S2/c1-8-6-18-11(14-8)19-7-9(12(2,3)4)15-17-10(16)13-5/h6H,7H2,1-5H3,(H,13,16). The summed E-state index contributed by atoms with van der Waals surface area (Å²) in [6.45, 7) is 8.07. The molecule has 1 aromatic rings. The number of aromatic nitrogens is 1. The third kappa shape index (κ3) is 5.61. The Morgan fingerprint density at radius 1 is 1.58 bits per heavy atom. The van der Waals surface area contributed by atoms with Gasteiger partial charge in [-0.1, -0.05) is 37.7 Å². The topological polar surface area (TPSA) is 63.6 Å². The van der Waals surface area contributed by atoms with Crippen molar-refractivity contribution in [3.8, 4) is 0 Å². The lowest BCUT2D eigenvalue weighted by atomic mass is 9.91. The van der Waals surface area contributed by atoms with Crippen LogP contribution in [0, 0.1) is 12.3 Å². The minimum atomic E-state index is -0.558. The van der Waals surface area contributed by atoms with Crippen LogP contribution in [0.25, 0.3) is 0 Å². The van der Waals surface area contributed by atoms with Gasteiger partial charge in [-0.2, -0.15) is 0 Å². The Bertz CT molecular complexity index is 464. The van der Waals surface area contributed by atoms with Crippen LogP contribution in [0.4, 0.5) is 4.79 Å². The number of carbonyl (C=O) groups excluding carboxylic acids is 1. The summed E-state index contributed by atoms with van der Waals surface area (Å²) in [6.07, 6.45) is -0.558. The fourth-order valence-electron chi connectivity index (χ4n) is 1.05. The van der Waals surface area contributed by atoms with Gasteiger partial charge in [0.1, 0.15) is 4.34 Å². The molecule has 1 heterocycles. The number of nitrogens with zero attached hydrogens (tertiary/aromatic N) is 2. The molecule has 1 N–H and O–H groups in total.